The lowest BCUT2D eigenvalue weighted by Crippen LogP contribution is -2.28. The molecule has 0 bridgehead atoms. The largest absolute Gasteiger partial charge is 0.313 e. The van der Waals surface area contributed by atoms with Crippen molar-refractivity contribution >= 4 is 0 Å². The summed E-state index contributed by atoms with van der Waals surface area (Å²) in [6.45, 7) is 2.72. The van der Waals surface area contributed by atoms with E-state index in [0.29, 0.717) is 13.0 Å². The normalized spacial score (nSPS) is 12.1. The Morgan fingerprint density at radius 3 is 3.00 bits per heavy atom. The van der Waals surface area contributed by atoms with E-state index in [4.69, 9.17) is 5.26 Å². The predicted molar refractivity (Wildman–Crippen MR) is 57.8 cm³/mol. The second-order valence-electron chi connectivity index (χ2n) is 3.60. The summed E-state index contributed by atoms with van der Waals surface area (Å²) in [5.41, 5.74) is 0.979. The van der Waals surface area contributed by atoms with Gasteiger partial charge in [0.05, 0.1) is 6.07 Å². The molecular formula is C12H15FN2. The first kappa shape index (κ1) is 11.7. The van der Waals surface area contributed by atoms with Crippen molar-refractivity contribution in [2.24, 2.45) is 0 Å². The average molecular weight is 206 g/mol. The average Bonchev–Trinajstić information content (AvgIpc) is 2.18. The van der Waals surface area contributed by atoms with E-state index in [9.17, 15) is 4.39 Å². The van der Waals surface area contributed by atoms with Crippen LogP contribution in [0.5, 0.6) is 0 Å². The third-order valence-electron chi connectivity index (χ3n) is 2.16. The van der Waals surface area contributed by atoms with E-state index in [1.165, 1.54) is 6.07 Å². The lowest BCUT2D eigenvalue weighted by atomic mass is 10.1. The van der Waals surface area contributed by atoms with E-state index in [-0.39, 0.29) is 11.9 Å². The Labute approximate surface area is 89.7 Å². The molecule has 2 nitrogen and oxygen atoms in total. The van der Waals surface area contributed by atoms with E-state index in [1.807, 2.05) is 13.0 Å². The number of hydrogen-bond acceptors (Lipinski definition) is 2. The lowest BCUT2D eigenvalue weighted by molar-refractivity contribution is 0.550. The van der Waals surface area contributed by atoms with Gasteiger partial charge in [0.25, 0.3) is 0 Å². The molecule has 0 fully saturated rings. The number of nitrogens with one attached hydrogen (secondary N) is 1. The summed E-state index contributed by atoms with van der Waals surface area (Å²) in [6, 6.07) is 8.95. The number of nitrogens with zero attached hydrogens (tertiary/aromatic N) is 1. The fourth-order valence-corrected chi connectivity index (χ4v) is 1.46. The summed E-state index contributed by atoms with van der Waals surface area (Å²) in [6.07, 6.45) is 1.29. The maximum Gasteiger partial charge on any atom is 0.123 e. The molecule has 0 spiro atoms. The topological polar surface area (TPSA) is 35.8 Å². The van der Waals surface area contributed by atoms with Gasteiger partial charge in [-0.2, -0.15) is 5.26 Å². The van der Waals surface area contributed by atoms with Gasteiger partial charge >= 0.3 is 0 Å². The summed E-state index contributed by atoms with van der Waals surface area (Å²) >= 11 is 0. The first-order valence-corrected chi connectivity index (χ1v) is 5.07. The molecule has 3 heteroatoms. The summed E-state index contributed by atoms with van der Waals surface area (Å²) in [7, 11) is 0. The smallest absolute Gasteiger partial charge is 0.123 e. The van der Waals surface area contributed by atoms with Gasteiger partial charge in [-0.3, -0.25) is 0 Å². The van der Waals surface area contributed by atoms with Crippen LogP contribution in [0.15, 0.2) is 24.3 Å². The molecule has 1 rings (SSSR count). The minimum atomic E-state index is -0.197. The van der Waals surface area contributed by atoms with E-state index < -0.39 is 0 Å². The number of hydrogen-bond donors (Lipinski definition) is 1. The molecule has 0 radical (unpaired) electrons. The molecule has 0 aliphatic heterocycles. The van der Waals surface area contributed by atoms with Crippen molar-refractivity contribution < 1.29 is 4.39 Å². The van der Waals surface area contributed by atoms with E-state index in [2.05, 4.69) is 11.4 Å². The maximum atomic E-state index is 12.9. The van der Waals surface area contributed by atoms with Crippen LogP contribution in [-0.2, 0) is 6.42 Å². The number of halogens is 1. The summed E-state index contributed by atoms with van der Waals surface area (Å²) in [5.74, 6) is -0.197. The quantitative estimate of drug-likeness (QED) is 0.750. The number of nitriles is 1. The van der Waals surface area contributed by atoms with Crippen LogP contribution >= 0.6 is 0 Å². The fourth-order valence-electron chi connectivity index (χ4n) is 1.46. The van der Waals surface area contributed by atoms with E-state index in [0.717, 1.165) is 12.0 Å². The van der Waals surface area contributed by atoms with Gasteiger partial charge in [-0.25, -0.2) is 4.39 Å². The van der Waals surface area contributed by atoms with Gasteiger partial charge in [0.15, 0.2) is 0 Å². The SMILES string of the molecule is CC(Cc1cccc(F)c1)NCCC#N. The van der Waals surface area contributed by atoms with Crippen molar-refractivity contribution in [1.29, 1.82) is 5.26 Å². The molecule has 0 amide bonds. The standard InChI is InChI=1S/C12H15FN2/c1-10(15-7-3-6-14)8-11-4-2-5-12(13)9-11/h2,4-5,9-10,15H,3,7-8H2,1H3. The Kier molecular flexibility index (Phi) is 4.79. The zero-order valence-corrected chi connectivity index (χ0v) is 8.83. The molecule has 0 saturated heterocycles. The van der Waals surface area contributed by atoms with Gasteiger partial charge in [0.2, 0.25) is 0 Å². The van der Waals surface area contributed by atoms with Gasteiger partial charge in [-0.15, -0.1) is 0 Å². The Balaban J connectivity index is 2.38. The Morgan fingerprint density at radius 1 is 1.53 bits per heavy atom. The van der Waals surface area contributed by atoms with Crippen molar-refractivity contribution in [3.8, 4) is 6.07 Å². The highest BCUT2D eigenvalue weighted by Gasteiger charge is 2.02. The predicted octanol–water partition coefficient (Wildman–Crippen LogP) is 2.26. The van der Waals surface area contributed by atoms with Gasteiger partial charge in [-0.1, -0.05) is 12.1 Å². The molecule has 15 heavy (non-hydrogen) atoms. The summed E-state index contributed by atoms with van der Waals surface area (Å²) < 4.78 is 12.9. The minimum Gasteiger partial charge on any atom is -0.313 e. The van der Waals surface area contributed by atoms with Crippen molar-refractivity contribution in [2.75, 3.05) is 6.54 Å². The minimum absolute atomic E-state index is 0.197. The Morgan fingerprint density at radius 2 is 2.33 bits per heavy atom. The maximum absolute atomic E-state index is 12.9. The molecule has 0 saturated carbocycles. The van der Waals surface area contributed by atoms with Crippen molar-refractivity contribution in [3.63, 3.8) is 0 Å². The van der Waals surface area contributed by atoms with Crippen LogP contribution < -0.4 is 5.32 Å². The van der Waals surface area contributed by atoms with E-state index >= 15 is 0 Å². The zero-order chi connectivity index (χ0) is 11.1. The van der Waals surface area contributed by atoms with Crippen LogP contribution in [0.1, 0.15) is 18.9 Å². The molecule has 1 N–H and O–H groups in total. The highest BCUT2D eigenvalue weighted by atomic mass is 19.1. The molecule has 1 aromatic rings. The zero-order valence-electron chi connectivity index (χ0n) is 8.83. The fraction of sp³-hybridized carbons (Fsp3) is 0.417. The van der Waals surface area contributed by atoms with E-state index in [1.54, 1.807) is 12.1 Å². The van der Waals surface area contributed by atoms with Crippen LogP contribution in [0.2, 0.25) is 0 Å². The first-order chi connectivity index (χ1) is 7.22. The second kappa shape index (κ2) is 6.15. The van der Waals surface area contributed by atoms with Crippen molar-refractivity contribution in [2.45, 2.75) is 25.8 Å². The number of benzene rings is 1. The van der Waals surface area contributed by atoms with Crippen molar-refractivity contribution in [1.82, 2.24) is 5.32 Å². The summed E-state index contributed by atoms with van der Waals surface area (Å²) in [4.78, 5) is 0. The molecule has 0 aliphatic rings. The van der Waals surface area contributed by atoms with Gasteiger partial charge in [0.1, 0.15) is 5.82 Å². The first-order valence-electron chi connectivity index (χ1n) is 5.07. The second-order valence-corrected chi connectivity index (χ2v) is 3.60. The van der Waals surface area contributed by atoms with Gasteiger partial charge in [-0.05, 0) is 31.0 Å². The molecule has 0 aromatic heterocycles. The van der Waals surface area contributed by atoms with Crippen LogP contribution in [-0.4, -0.2) is 12.6 Å². The number of rotatable bonds is 5. The van der Waals surface area contributed by atoms with Crippen molar-refractivity contribution in [3.05, 3.63) is 35.6 Å². The van der Waals surface area contributed by atoms with Gasteiger partial charge in [0, 0.05) is 19.0 Å². The summed E-state index contributed by atoms with van der Waals surface area (Å²) in [5, 5.41) is 11.6. The van der Waals surface area contributed by atoms with Crippen LogP contribution in [0, 0.1) is 17.1 Å². The Bertz CT molecular complexity index is 344. The molecule has 80 valence electrons. The van der Waals surface area contributed by atoms with Crippen LogP contribution in [0.4, 0.5) is 4.39 Å². The molecular weight excluding hydrogens is 191 g/mol. The van der Waals surface area contributed by atoms with Gasteiger partial charge < -0.3 is 5.32 Å². The third kappa shape index (κ3) is 4.57. The molecule has 1 unspecified atom stereocenters. The molecule has 1 aromatic carbocycles. The lowest BCUT2D eigenvalue weighted by Gasteiger charge is -2.12. The molecule has 1 atom stereocenters. The molecule has 0 heterocycles. The monoisotopic (exact) mass is 206 g/mol. The highest BCUT2D eigenvalue weighted by molar-refractivity contribution is 5.17. The molecule has 0 aliphatic carbocycles. The van der Waals surface area contributed by atoms with Crippen LogP contribution in [0.25, 0.3) is 0 Å². The Hall–Kier alpha value is -1.40. The highest BCUT2D eigenvalue weighted by Crippen LogP contribution is 2.06. The van der Waals surface area contributed by atoms with Crippen LogP contribution in [0.3, 0.4) is 0 Å². The third-order valence-corrected chi connectivity index (χ3v) is 2.16.